The Morgan fingerprint density at radius 1 is 1.00 bits per heavy atom. The van der Waals surface area contributed by atoms with E-state index in [1.807, 2.05) is 11.9 Å². The lowest BCUT2D eigenvalue weighted by atomic mass is 9.53. The molecule has 0 saturated carbocycles. The van der Waals surface area contributed by atoms with Gasteiger partial charge in [-0.3, -0.25) is 4.31 Å². The second-order valence-electron chi connectivity index (χ2n) is 6.96. The van der Waals surface area contributed by atoms with Gasteiger partial charge in [0, 0.05) is 12.3 Å². The molecule has 1 saturated heterocycles. The van der Waals surface area contributed by atoms with Gasteiger partial charge in [0.2, 0.25) is 0 Å². The second-order valence-corrected chi connectivity index (χ2v) is 8.13. The summed E-state index contributed by atoms with van der Waals surface area (Å²) in [5.41, 5.74) is 1.23. The summed E-state index contributed by atoms with van der Waals surface area (Å²) in [6.07, 6.45) is 1.32. The molecule has 0 aromatic rings. The van der Waals surface area contributed by atoms with Crippen molar-refractivity contribution in [3.8, 4) is 0 Å². The van der Waals surface area contributed by atoms with E-state index in [-0.39, 0.29) is 0 Å². The van der Waals surface area contributed by atoms with Crippen LogP contribution in [0.2, 0.25) is 0 Å². The molecule has 1 aliphatic heterocycles. The van der Waals surface area contributed by atoms with Gasteiger partial charge < -0.3 is 0 Å². The van der Waals surface area contributed by atoms with Gasteiger partial charge in [-0.25, -0.2) is 0 Å². The van der Waals surface area contributed by atoms with E-state index in [0.29, 0.717) is 16.2 Å². The maximum Gasteiger partial charge on any atom is 0.0148 e. The van der Waals surface area contributed by atoms with Gasteiger partial charge in [-0.2, -0.15) is 0 Å². The first-order valence-corrected chi connectivity index (χ1v) is 6.88. The van der Waals surface area contributed by atoms with Crippen molar-refractivity contribution in [2.45, 2.75) is 48.0 Å². The van der Waals surface area contributed by atoms with Gasteiger partial charge in [0.25, 0.3) is 0 Å². The standard InChI is InChI=1S/C13H27NS/c1-11(2,3)13(12(4,5)6)8-9-14(7)15-10-13/h8-10H2,1-7H3. The van der Waals surface area contributed by atoms with Crippen molar-refractivity contribution in [2.24, 2.45) is 16.2 Å². The molecule has 0 N–H and O–H groups in total. The zero-order chi connectivity index (χ0) is 11.9. The Balaban J connectivity index is 2.99. The Kier molecular flexibility index (Phi) is 3.53. The van der Waals surface area contributed by atoms with Crippen LogP contribution in [0.3, 0.4) is 0 Å². The molecule has 0 amide bonds. The molecule has 0 aromatic carbocycles. The maximum absolute atomic E-state index is 2.41. The second kappa shape index (κ2) is 3.96. The fourth-order valence-corrected chi connectivity index (χ4v) is 4.68. The van der Waals surface area contributed by atoms with E-state index in [1.54, 1.807) is 0 Å². The molecule has 90 valence electrons. The van der Waals surface area contributed by atoms with Crippen molar-refractivity contribution in [3.05, 3.63) is 0 Å². The van der Waals surface area contributed by atoms with E-state index in [0.717, 1.165) is 0 Å². The molecule has 0 atom stereocenters. The average molecular weight is 229 g/mol. The zero-order valence-electron chi connectivity index (χ0n) is 11.5. The van der Waals surface area contributed by atoms with Crippen molar-refractivity contribution in [2.75, 3.05) is 19.3 Å². The summed E-state index contributed by atoms with van der Waals surface area (Å²) >= 11 is 2.01. The molecule has 1 heterocycles. The number of hydrogen-bond donors (Lipinski definition) is 0. The van der Waals surface area contributed by atoms with Crippen LogP contribution in [0, 0.1) is 16.2 Å². The van der Waals surface area contributed by atoms with Crippen molar-refractivity contribution < 1.29 is 0 Å². The summed E-state index contributed by atoms with van der Waals surface area (Å²) < 4.78 is 2.38. The van der Waals surface area contributed by atoms with Crippen LogP contribution in [0.1, 0.15) is 48.0 Å². The number of hydrogen-bond acceptors (Lipinski definition) is 2. The van der Waals surface area contributed by atoms with Crippen LogP contribution in [-0.4, -0.2) is 23.7 Å². The molecule has 1 aliphatic rings. The van der Waals surface area contributed by atoms with E-state index >= 15 is 0 Å². The molecule has 2 heteroatoms. The van der Waals surface area contributed by atoms with E-state index < -0.39 is 0 Å². The molecular weight excluding hydrogens is 202 g/mol. The first-order valence-electron chi connectivity index (χ1n) is 5.94. The van der Waals surface area contributed by atoms with Crippen molar-refractivity contribution in [1.82, 2.24) is 4.31 Å². The van der Waals surface area contributed by atoms with Gasteiger partial charge in [0.15, 0.2) is 0 Å². The minimum absolute atomic E-state index is 0.388. The molecule has 0 bridgehead atoms. The molecule has 0 aromatic heterocycles. The fraction of sp³-hybridized carbons (Fsp3) is 1.00. The van der Waals surface area contributed by atoms with Crippen LogP contribution in [0.4, 0.5) is 0 Å². The quantitative estimate of drug-likeness (QED) is 0.577. The highest BCUT2D eigenvalue weighted by Crippen LogP contribution is 2.57. The van der Waals surface area contributed by atoms with Gasteiger partial charge in [0.1, 0.15) is 0 Å². The third kappa shape index (κ3) is 2.36. The lowest BCUT2D eigenvalue weighted by molar-refractivity contribution is -0.0244. The van der Waals surface area contributed by atoms with E-state index in [9.17, 15) is 0 Å². The average Bonchev–Trinajstić information content (AvgIpc) is 2.00. The Bertz CT molecular complexity index is 198. The maximum atomic E-state index is 2.41. The molecule has 1 rings (SSSR count). The smallest absolute Gasteiger partial charge is 0.0148 e. The molecule has 0 aliphatic carbocycles. The van der Waals surface area contributed by atoms with Gasteiger partial charge in [0.05, 0.1) is 0 Å². The summed E-state index contributed by atoms with van der Waals surface area (Å²) in [5.74, 6) is 1.26. The lowest BCUT2D eigenvalue weighted by Crippen LogP contribution is -2.52. The van der Waals surface area contributed by atoms with Crippen LogP contribution in [0.5, 0.6) is 0 Å². The molecule has 0 radical (unpaired) electrons. The predicted molar refractivity (Wildman–Crippen MR) is 71.0 cm³/mol. The van der Waals surface area contributed by atoms with Crippen molar-refractivity contribution in [1.29, 1.82) is 0 Å². The van der Waals surface area contributed by atoms with E-state index in [4.69, 9.17) is 0 Å². The Morgan fingerprint density at radius 2 is 1.47 bits per heavy atom. The molecule has 1 nitrogen and oxygen atoms in total. The van der Waals surface area contributed by atoms with Crippen molar-refractivity contribution >= 4 is 11.9 Å². The van der Waals surface area contributed by atoms with Gasteiger partial charge >= 0.3 is 0 Å². The largest absolute Gasteiger partial charge is 0.254 e. The summed E-state index contributed by atoms with van der Waals surface area (Å²) in [6, 6.07) is 0. The fourth-order valence-electron chi connectivity index (χ4n) is 3.01. The Hall–Kier alpha value is 0.310. The summed E-state index contributed by atoms with van der Waals surface area (Å²) in [6.45, 7) is 15.7. The zero-order valence-corrected chi connectivity index (χ0v) is 12.3. The summed E-state index contributed by atoms with van der Waals surface area (Å²) in [5, 5.41) is 0. The van der Waals surface area contributed by atoms with Crippen LogP contribution in [0.25, 0.3) is 0 Å². The summed E-state index contributed by atoms with van der Waals surface area (Å²) in [4.78, 5) is 0. The monoisotopic (exact) mass is 229 g/mol. The van der Waals surface area contributed by atoms with Gasteiger partial charge in [-0.15, -0.1) is 0 Å². The van der Waals surface area contributed by atoms with Crippen LogP contribution >= 0.6 is 11.9 Å². The highest BCUT2D eigenvalue weighted by Gasteiger charge is 2.51. The molecule has 15 heavy (non-hydrogen) atoms. The van der Waals surface area contributed by atoms with Crippen LogP contribution in [-0.2, 0) is 0 Å². The SMILES string of the molecule is CN1CCC(C(C)(C)C)(C(C)(C)C)CS1. The highest BCUT2D eigenvalue weighted by atomic mass is 32.2. The van der Waals surface area contributed by atoms with Gasteiger partial charge in [-0.1, -0.05) is 53.5 Å². The molecule has 0 spiro atoms. The van der Waals surface area contributed by atoms with Crippen LogP contribution in [0.15, 0.2) is 0 Å². The van der Waals surface area contributed by atoms with Crippen LogP contribution < -0.4 is 0 Å². The molecule has 0 unspecified atom stereocenters. The van der Waals surface area contributed by atoms with Crippen molar-refractivity contribution in [3.63, 3.8) is 0 Å². The minimum atomic E-state index is 0.388. The number of nitrogens with zero attached hydrogens (tertiary/aromatic N) is 1. The Labute approximate surface area is 100 Å². The normalized spacial score (nSPS) is 24.2. The minimum Gasteiger partial charge on any atom is -0.254 e. The van der Waals surface area contributed by atoms with E-state index in [1.165, 1.54) is 18.7 Å². The third-order valence-corrected chi connectivity index (χ3v) is 5.50. The van der Waals surface area contributed by atoms with Gasteiger partial charge in [-0.05, 0) is 29.7 Å². The lowest BCUT2D eigenvalue weighted by Gasteiger charge is -2.56. The topological polar surface area (TPSA) is 3.24 Å². The number of rotatable bonds is 0. The highest BCUT2D eigenvalue weighted by molar-refractivity contribution is 7.97. The molecular formula is C13H27NS. The predicted octanol–water partition coefficient (Wildman–Crippen LogP) is 4.05. The summed E-state index contributed by atoms with van der Waals surface area (Å²) in [7, 11) is 2.21. The first-order chi connectivity index (χ1) is 6.60. The molecule has 1 fully saturated rings. The van der Waals surface area contributed by atoms with E-state index in [2.05, 4.69) is 52.9 Å². The third-order valence-electron chi connectivity index (χ3n) is 4.26. The Morgan fingerprint density at radius 3 is 1.73 bits per heavy atom. The first kappa shape index (κ1) is 13.4.